The van der Waals surface area contributed by atoms with Crippen LogP contribution in [0.15, 0.2) is 12.4 Å². The summed E-state index contributed by atoms with van der Waals surface area (Å²) in [4.78, 5) is 27.4. The van der Waals surface area contributed by atoms with Crippen molar-refractivity contribution in [1.29, 1.82) is 0 Å². The van der Waals surface area contributed by atoms with Gasteiger partial charge in [0.1, 0.15) is 12.1 Å². The van der Waals surface area contributed by atoms with Gasteiger partial charge in [0.05, 0.1) is 13.2 Å². The molecule has 0 bridgehead atoms. The van der Waals surface area contributed by atoms with Gasteiger partial charge >= 0.3 is 6.03 Å². The summed E-state index contributed by atoms with van der Waals surface area (Å²) in [6, 6.07) is 2.16. The molecule has 25 heavy (non-hydrogen) atoms. The highest BCUT2D eigenvalue weighted by atomic mass is 16.5. The normalized spacial score (nSPS) is 19.3. The van der Waals surface area contributed by atoms with Gasteiger partial charge in [0.15, 0.2) is 0 Å². The first-order valence-corrected chi connectivity index (χ1v) is 8.76. The van der Waals surface area contributed by atoms with Crippen molar-refractivity contribution < 1.29 is 9.53 Å². The largest absolute Gasteiger partial charge is 0.378 e. The number of fused-ring (bicyclic) bond motifs is 1. The Morgan fingerprint density at radius 2 is 1.88 bits per heavy atom. The van der Waals surface area contributed by atoms with Crippen molar-refractivity contribution in [1.82, 2.24) is 29.4 Å². The van der Waals surface area contributed by atoms with Gasteiger partial charge in [-0.15, -0.1) is 0 Å². The molecule has 0 spiro atoms. The highest BCUT2D eigenvalue weighted by molar-refractivity contribution is 5.74. The van der Waals surface area contributed by atoms with Crippen LogP contribution in [0.2, 0.25) is 0 Å². The van der Waals surface area contributed by atoms with Crippen LogP contribution in [0, 0.1) is 6.92 Å². The summed E-state index contributed by atoms with van der Waals surface area (Å²) in [5.74, 6) is 1.60. The highest BCUT2D eigenvalue weighted by Gasteiger charge is 2.26. The van der Waals surface area contributed by atoms with Crippen LogP contribution in [0.5, 0.6) is 0 Å². The zero-order valence-electron chi connectivity index (χ0n) is 14.5. The first kappa shape index (κ1) is 16.1. The number of carbonyl (C=O) groups is 1. The van der Waals surface area contributed by atoms with Crippen LogP contribution in [0.3, 0.4) is 0 Å². The van der Waals surface area contributed by atoms with Gasteiger partial charge < -0.3 is 19.4 Å². The van der Waals surface area contributed by atoms with E-state index in [9.17, 15) is 4.79 Å². The lowest BCUT2D eigenvalue weighted by molar-refractivity contribution is 0.0438. The van der Waals surface area contributed by atoms with Crippen molar-refractivity contribution in [2.45, 2.75) is 13.3 Å². The number of urea groups is 1. The number of aromatic nitrogens is 4. The fourth-order valence-electron chi connectivity index (χ4n) is 3.43. The maximum atomic E-state index is 12.7. The minimum Gasteiger partial charge on any atom is -0.378 e. The molecule has 2 aliphatic rings. The Kier molecular flexibility index (Phi) is 4.39. The average Bonchev–Trinajstić information content (AvgIpc) is 2.96. The van der Waals surface area contributed by atoms with Gasteiger partial charge in [0.25, 0.3) is 5.78 Å². The SMILES string of the molecule is Cc1cc(N2CCCN(C(=O)N3CCOCC3)CC2)n2ncnc2n1. The van der Waals surface area contributed by atoms with E-state index < -0.39 is 0 Å². The van der Waals surface area contributed by atoms with Gasteiger partial charge in [-0.2, -0.15) is 14.6 Å². The monoisotopic (exact) mass is 345 g/mol. The number of carbonyl (C=O) groups excluding carboxylic acids is 1. The van der Waals surface area contributed by atoms with Crippen LogP contribution >= 0.6 is 0 Å². The van der Waals surface area contributed by atoms with Crippen LogP contribution in [-0.4, -0.2) is 87.9 Å². The molecule has 4 heterocycles. The molecule has 0 aromatic carbocycles. The van der Waals surface area contributed by atoms with E-state index in [-0.39, 0.29) is 6.03 Å². The lowest BCUT2D eigenvalue weighted by Crippen LogP contribution is -2.49. The minimum atomic E-state index is 0.127. The molecule has 0 aliphatic carbocycles. The molecule has 0 N–H and O–H groups in total. The Morgan fingerprint density at radius 3 is 2.72 bits per heavy atom. The van der Waals surface area contributed by atoms with E-state index >= 15 is 0 Å². The summed E-state index contributed by atoms with van der Waals surface area (Å²) >= 11 is 0. The minimum absolute atomic E-state index is 0.127. The molecule has 2 aromatic heterocycles. The van der Waals surface area contributed by atoms with Gasteiger partial charge in [-0.3, -0.25) is 0 Å². The van der Waals surface area contributed by atoms with Crippen LogP contribution in [0.4, 0.5) is 10.6 Å². The van der Waals surface area contributed by atoms with Crippen molar-refractivity contribution in [2.75, 3.05) is 57.4 Å². The molecule has 0 radical (unpaired) electrons. The highest BCUT2D eigenvalue weighted by Crippen LogP contribution is 2.18. The van der Waals surface area contributed by atoms with Gasteiger partial charge in [-0.05, 0) is 13.3 Å². The fourth-order valence-corrected chi connectivity index (χ4v) is 3.43. The predicted molar refractivity (Wildman–Crippen MR) is 91.7 cm³/mol. The van der Waals surface area contributed by atoms with E-state index in [0.29, 0.717) is 38.6 Å². The first-order chi connectivity index (χ1) is 12.2. The smallest absolute Gasteiger partial charge is 0.320 e. The number of aryl methyl sites for hydroxylation is 1. The van der Waals surface area contributed by atoms with Crippen LogP contribution in [0.25, 0.3) is 5.78 Å². The Balaban J connectivity index is 1.49. The second kappa shape index (κ2) is 6.83. The molecule has 0 atom stereocenters. The summed E-state index contributed by atoms with van der Waals surface area (Å²) < 4.78 is 7.11. The molecule has 2 saturated heterocycles. The van der Waals surface area contributed by atoms with Gasteiger partial charge in [0, 0.05) is 51.0 Å². The topological polar surface area (TPSA) is 79.1 Å². The number of ether oxygens (including phenoxy) is 1. The summed E-state index contributed by atoms with van der Waals surface area (Å²) in [5, 5.41) is 4.29. The Morgan fingerprint density at radius 1 is 1.08 bits per heavy atom. The van der Waals surface area contributed by atoms with Crippen molar-refractivity contribution >= 4 is 17.6 Å². The molecule has 2 aromatic rings. The molecule has 134 valence electrons. The van der Waals surface area contributed by atoms with Gasteiger partial charge in [-0.1, -0.05) is 0 Å². The van der Waals surface area contributed by atoms with Crippen LogP contribution in [0.1, 0.15) is 12.1 Å². The summed E-state index contributed by atoms with van der Waals surface area (Å²) in [7, 11) is 0. The van der Waals surface area contributed by atoms with Crippen LogP contribution < -0.4 is 4.90 Å². The molecule has 2 amide bonds. The number of nitrogens with zero attached hydrogens (tertiary/aromatic N) is 7. The zero-order chi connectivity index (χ0) is 17.2. The van der Waals surface area contributed by atoms with E-state index in [4.69, 9.17) is 4.74 Å². The summed E-state index contributed by atoms with van der Waals surface area (Å²) in [5.41, 5.74) is 0.918. The maximum absolute atomic E-state index is 12.7. The molecule has 2 aliphatic heterocycles. The number of amides is 2. The Labute approximate surface area is 146 Å². The third kappa shape index (κ3) is 3.23. The van der Waals surface area contributed by atoms with Crippen molar-refractivity contribution in [3.63, 3.8) is 0 Å². The first-order valence-electron chi connectivity index (χ1n) is 8.76. The van der Waals surface area contributed by atoms with E-state index in [2.05, 4.69) is 20.0 Å². The van der Waals surface area contributed by atoms with E-state index in [1.807, 2.05) is 22.8 Å². The summed E-state index contributed by atoms with van der Waals surface area (Å²) in [6.07, 6.45) is 2.45. The third-order valence-electron chi connectivity index (χ3n) is 4.73. The number of morpholine rings is 1. The number of anilines is 1. The van der Waals surface area contributed by atoms with E-state index in [0.717, 1.165) is 37.6 Å². The lowest BCUT2D eigenvalue weighted by Gasteiger charge is -2.32. The second-order valence-corrected chi connectivity index (χ2v) is 6.44. The van der Waals surface area contributed by atoms with Crippen LogP contribution in [-0.2, 0) is 4.74 Å². The average molecular weight is 345 g/mol. The quantitative estimate of drug-likeness (QED) is 0.744. The zero-order valence-corrected chi connectivity index (χ0v) is 14.5. The molecule has 0 saturated carbocycles. The predicted octanol–water partition coefficient (Wildman–Crippen LogP) is 0.397. The van der Waals surface area contributed by atoms with Crippen molar-refractivity contribution in [2.24, 2.45) is 0 Å². The molecule has 4 rings (SSSR count). The van der Waals surface area contributed by atoms with Gasteiger partial charge in [0.2, 0.25) is 0 Å². The number of hydrogen-bond donors (Lipinski definition) is 0. The third-order valence-corrected chi connectivity index (χ3v) is 4.73. The molecule has 2 fully saturated rings. The molecule has 9 heteroatoms. The Hall–Kier alpha value is -2.42. The van der Waals surface area contributed by atoms with Crippen molar-refractivity contribution in [3.05, 3.63) is 18.1 Å². The van der Waals surface area contributed by atoms with E-state index in [1.54, 1.807) is 4.52 Å². The Bertz CT molecular complexity index is 756. The molecular weight excluding hydrogens is 322 g/mol. The number of hydrogen-bond acceptors (Lipinski definition) is 6. The standard InChI is InChI=1S/C16H23N7O2/c1-13-11-14(23-15(19-13)17-12-18-23)20-3-2-4-21(6-5-20)16(24)22-7-9-25-10-8-22/h11-12H,2-10H2,1H3. The second-order valence-electron chi connectivity index (χ2n) is 6.44. The van der Waals surface area contributed by atoms with Crippen molar-refractivity contribution in [3.8, 4) is 0 Å². The molecule has 0 unspecified atom stereocenters. The van der Waals surface area contributed by atoms with E-state index in [1.165, 1.54) is 6.33 Å². The molecular formula is C16H23N7O2. The lowest BCUT2D eigenvalue weighted by atomic mass is 10.3. The fraction of sp³-hybridized carbons (Fsp3) is 0.625. The number of rotatable bonds is 1. The molecule has 9 nitrogen and oxygen atoms in total. The summed E-state index contributed by atoms with van der Waals surface area (Å²) in [6.45, 7) is 7.72. The van der Waals surface area contributed by atoms with Gasteiger partial charge in [-0.25, -0.2) is 9.78 Å². The maximum Gasteiger partial charge on any atom is 0.320 e.